The molecule has 4 aromatic heterocycles. The molecule has 0 spiro atoms. The average Bonchev–Trinajstić information content (AvgIpc) is 0.806. The molecule has 0 aliphatic heterocycles. The zero-order valence-corrected chi connectivity index (χ0v) is 74.2. The van der Waals surface area contributed by atoms with E-state index in [0.29, 0.717) is 103 Å². The Labute approximate surface area is 741 Å². The zero-order valence-electron chi connectivity index (χ0n) is 73.4. The number of ether oxygens (including phenoxy) is 5. The Bertz CT molecular complexity index is 6400. The predicted octanol–water partition coefficient (Wildman–Crippen LogP) is 21.1. The quantitative estimate of drug-likeness (QED) is 0.0122. The van der Waals surface area contributed by atoms with Crippen LogP contribution < -0.4 is 47.3 Å². The summed E-state index contributed by atoms with van der Waals surface area (Å²) in [5.74, 6) is -0.340. The third-order valence-corrected chi connectivity index (χ3v) is 20.1. The van der Waals surface area contributed by atoms with Gasteiger partial charge in [0.25, 0.3) is 5.24 Å². The number of carbonyl (C=O) groups excluding carboxylic acids is 8. The maximum atomic E-state index is 12.9. The summed E-state index contributed by atoms with van der Waals surface area (Å²) in [4.78, 5) is 143. The number of benzene rings is 9. The van der Waals surface area contributed by atoms with E-state index < -0.39 is 57.8 Å². The highest BCUT2D eigenvalue weighted by atomic mass is 35.5. The lowest BCUT2D eigenvalue weighted by molar-refractivity contribution is -0.132. The number of allylic oxidation sites excluding steroid dienone is 6. The van der Waals surface area contributed by atoms with Gasteiger partial charge in [-0.1, -0.05) is 120 Å². The van der Waals surface area contributed by atoms with Crippen molar-refractivity contribution in [3.63, 3.8) is 0 Å². The van der Waals surface area contributed by atoms with Gasteiger partial charge in [0.15, 0.2) is 11.6 Å². The molecule has 2 amide bonds. The minimum absolute atomic E-state index is 0.0225. The van der Waals surface area contributed by atoms with E-state index >= 15 is 0 Å². The Morgan fingerprint density at radius 2 is 0.656 bits per heavy atom. The fourth-order valence-electron chi connectivity index (χ4n) is 12.7. The van der Waals surface area contributed by atoms with Gasteiger partial charge in [0.05, 0.1) is 0 Å². The first kappa shape index (κ1) is 96.7. The van der Waals surface area contributed by atoms with Gasteiger partial charge in [-0.05, 0) is 267 Å². The molecular formula is C102H97ClN2O23. The van der Waals surface area contributed by atoms with Crippen molar-refractivity contribution in [3.8, 4) is 28.7 Å². The van der Waals surface area contributed by atoms with Crippen LogP contribution in [0.2, 0.25) is 0 Å². The fourth-order valence-corrected chi connectivity index (χ4v) is 12.8. The number of fused-ring (bicyclic) bond motifs is 4. The third-order valence-electron chi connectivity index (χ3n) is 19.8. The second kappa shape index (κ2) is 45.0. The van der Waals surface area contributed by atoms with Crippen LogP contribution in [0.15, 0.2) is 260 Å². The number of nitrogens with one attached hydrogen (secondary N) is 2. The van der Waals surface area contributed by atoms with Gasteiger partial charge < -0.3 is 51.6 Å². The summed E-state index contributed by atoms with van der Waals surface area (Å²) in [5.41, 5.74) is 13.2. The van der Waals surface area contributed by atoms with Gasteiger partial charge in [-0.15, -0.1) is 0 Å². The number of hydrogen-bond donors (Lipinski definition) is 4. The summed E-state index contributed by atoms with van der Waals surface area (Å²) >= 11 is 5.43. The number of phenolic OH excluding ortho intramolecular Hbond substituents is 2. The standard InChI is InChI=1S/C26H26O5.C25H24O6.C19H17NO4.C18H15NO5.C14H15ClO3/c1-15(2)6-8-20-12-19(10-11-24(20)30-18(5)27)23(28)14-22-13-21-9-7-16(3)17(4)25(21)31-26(22)29;1-14(2)5-6-18-11-17(8-10-23(18)30-16(4)26)22(28)13-20-12-19-7-9-21(27)15(3)24(19)31-25(20)29;1-12-8-9-15-10-16(18(21)24-17(15)13(12)2)20-19(22)23-11-14-6-4-3-5-7-14;1-11-15(20)8-7-13-9-14(17(21)24-16(11)13)19-18(22)23-10-12-5-3-2-4-6-12;1-9(2)4-5-11-8-12(14(15)17)6-7-13(11)18-10(3)16/h6-7,9-13H,8,14H2,1-5H3;5,7-12,27H,6,13H2,1-4H3;3-10H,11H2,1-2H3,(H,20,22);2-9,20H,10H2,1H3,(H,19,22);4,6-8H,5H2,1-3H3. The Morgan fingerprint density at radius 1 is 0.352 bits per heavy atom. The van der Waals surface area contributed by atoms with Crippen molar-refractivity contribution in [1.29, 1.82) is 0 Å². The van der Waals surface area contributed by atoms with Crippen LogP contribution in [0.3, 0.4) is 0 Å². The second-order valence-corrected chi connectivity index (χ2v) is 31.0. The van der Waals surface area contributed by atoms with E-state index in [-0.39, 0.29) is 71.6 Å². The zero-order chi connectivity index (χ0) is 93.3. The molecule has 4 N–H and O–H groups in total. The maximum absolute atomic E-state index is 12.9. The normalized spacial score (nSPS) is 10.5. The number of hydrogen-bond acceptors (Lipinski definition) is 23. The number of carbonyl (C=O) groups is 8. The minimum atomic E-state index is -0.749. The number of esters is 3. The number of aryl methyl sites for hydroxylation is 6. The van der Waals surface area contributed by atoms with E-state index in [2.05, 4.69) is 10.6 Å². The van der Waals surface area contributed by atoms with Gasteiger partial charge in [0.2, 0.25) is 0 Å². The average molecular weight is 1750 g/mol. The Balaban J connectivity index is 0.000000183. The summed E-state index contributed by atoms with van der Waals surface area (Å²) < 4.78 is 47.2. The van der Waals surface area contributed by atoms with E-state index in [0.717, 1.165) is 72.0 Å². The Kier molecular flexibility index (Phi) is 34.0. The molecule has 0 aliphatic carbocycles. The van der Waals surface area contributed by atoms with Crippen molar-refractivity contribution < 1.29 is 89.9 Å². The molecule has 0 saturated heterocycles. The van der Waals surface area contributed by atoms with Gasteiger partial charge in [-0.2, -0.15) is 0 Å². The molecule has 660 valence electrons. The van der Waals surface area contributed by atoms with Crippen LogP contribution >= 0.6 is 11.6 Å². The van der Waals surface area contributed by atoms with E-state index in [1.807, 2.05) is 172 Å². The monoisotopic (exact) mass is 1750 g/mol. The fraction of sp³-hybridized carbons (Fsp3) is 0.216. The lowest BCUT2D eigenvalue weighted by atomic mass is 9.98. The van der Waals surface area contributed by atoms with Gasteiger partial charge in [-0.25, -0.2) is 28.8 Å². The van der Waals surface area contributed by atoms with Crippen LogP contribution in [0.4, 0.5) is 21.0 Å². The van der Waals surface area contributed by atoms with Crippen molar-refractivity contribution in [2.24, 2.45) is 0 Å². The number of Topliss-reactive ketones (excluding diaryl/α,β-unsaturated/α-hetero) is 2. The summed E-state index contributed by atoms with van der Waals surface area (Å²) in [6, 6.07) is 53.4. The molecule has 128 heavy (non-hydrogen) atoms. The minimum Gasteiger partial charge on any atom is -0.508 e. The van der Waals surface area contributed by atoms with Crippen LogP contribution in [0.5, 0.6) is 28.7 Å². The molecule has 13 rings (SSSR count). The van der Waals surface area contributed by atoms with Gasteiger partial charge in [0.1, 0.15) is 75.7 Å². The lowest BCUT2D eigenvalue weighted by Gasteiger charge is -2.10. The molecule has 0 radical (unpaired) electrons. The molecule has 25 nitrogen and oxygen atoms in total. The molecule has 0 fully saturated rings. The number of rotatable bonds is 22. The van der Waals surface area contributed by atoms with Crippen molar-refractivity contribution >= 4 is 114 Å². The van der Waals surface area contributed by atoms with E-state index in [4.69, 9.17) is 53.0 Å². The molecular weight excluding hydrogens is 1660 g/mol. The van der Waals surface area contributed by atoms with Gasteiger partial charge in [-0.3, -0.25) is 39.4 Å². The molecule has 0 aliphatic rings. The summed E-state index contributed by atoms with van der Waals surface area (Å²) in [7, 11) is 0. The van der Waals surface area contributed by atoms with E-state index in [1.54, 1.807) is 98.8 Å². The number of ketones is 2. The van der Waals surface area contributed by atoms with Crippen molar-refractivity contribution in [2.75, 3.05) is 10.6 Å². The van der Waals surface area contributed by atoms with Crippen molar-refractivity contribution in [2.45, 2.75) is 149 Å². The number of aromatic hydroxyl groups is 2. The number of halogens is 1. The summed E-state index contributed by atoms with van der Waals surface area (Å²) in [6.07, 6.45) is 5.94. The molecule has 4 heterocycles. The number of anilines is 2. The first-order valence-corrected chi connectivity index (χ1v) is 40.8. The molecule has 0 unspecified atom stereocenters. The Hall–Kier alpha value is -15.1. The Morgan fingerprint density at radius 3 is 0.984 bits per heavy atom. The molecule has 0 saturated carbocycles. The second-order valence-electron chi connectivity index (χ2n) is 30.7. The molecule has 0 atom stereocenters. The third kappa shape index (κ3) is 27.4. The first-order chi connectivity index (χ1) is 60.8. The SMILES string of the molecule is CC(=O)Oc1ccc(C(=O)Cc2cc3ccc(C)c(C)c3oc2=O)cc1CC=C(C)C.CC(=O)Oc1ccc(C(=O)Cc2cc3ccc(O)c(C)c3oc2=O)cc1CC=C(C)C.CC(=O)Oc1ccc(C(=O)Cl)cc1CC=C(C)C.Cc1c(O)ccc2cc(NC(=O)OCc3ccccc3)c(=O)oc12.Cc1ccc2cc(NC(=O)OCc3ccccc3)c(=O)oc2c1C. The number of phenols is 2. The van der Waals surface area contributed by atoms with Crippen LogP contribution in [0.1, 0.15) is 166 Å². The topological polar surface area (TPSA) is 368 Å². The van der Waals surface area contributed by atoms with Crippen LogP contribution in [0, 0.1) is 41.5 Å². The van der Waals surface area contributed by atoms with Crippen LogP contribution in [0.25, 0.3) is 43.9 Å². The smallest absolute Gasteiger partial charge is 0.412 e. The largest absolute Gasteiger partial charge is 0.508 e. The highest BCUT2D eigenvalue weighted by molar-refractivity contribution is 6.67. The van der Waals surface area contributed by atoms with Gasteiger partial charge >= 0.3 is 52.6 Å². The van der Waals surface area contributed by atoms with Crippen molar-refractivity contribution in [3.05, 3.63) is 354 Å². The van der Waals surface area contributed by atoms with Crippen molar-refractivity contribution in [1.82, 2.24) is 0 Å². The highest BCUT2D eigenvalue weighted by Crippen LogP contribution is 2.32. The summed E-state index contributed by atoms with van der Waals surface area (Å²) in [5, 5.41) is 26.5. The summed E-state index contributed by atoms with van der Waals surface area (Å²) in [6.45, 7) is 27.0. The first-order valence-electron chi connectivity index (χ1n) is 40.4. The predicted molar refractivity (Wildman–Crippen MR) is 491 cm³/mol. The molecule has 13 aromatic rings. The molecule has 0 bridgehead atoms. The highest BCUT2D eigenvalue weighted by Gasteiger charge is 2.22. The molecule has 26 heteroatoms. The van der Waals surface area contributed by atoms with E-state index in [9.17, 15) is 67.7 Å². The van der Waals surface area contributed by atoms with Gasteiger partial charge in [0, 0.05) is 94.1 Å². The molecule has 9 aromatic carbocycles. The van der Waals surface area contributed by atoms with Crippen LogP contribution in [-0.2, 0) is 69.2 Å². The maximum Gasteiger partial charge on any atom is 0.412 e. The van der Waals surface area contributed by atoms with Crippen LogP contribution in [-0.4, -0.2) is 57.1 Å². The van der Waals surface area contributed by atoms with E-state index in [1.165, 1.54) is 39.0 Å². The lowest BCUT2D eigenvalue weighted by Crippen LogP contribution is -2.18. The number of amides is 2.